The maximum Gasteiger partial charge on any atom is 0.191 e. The van der Waals surface area contributed by atoms with Gasteiger partial charge in [-0.2, -0.15) is 0 Å². The third-order valence-corrected chi connectivity index (χ3v) is 4.72. The number of ether oxygens (including phenoxy) is 2. The van der Waals surface area contributed by atoms with E-state index in [0.717, 1.165) is 18.5 Å². The third kappa shape index (κ3) is 4.44. The molecule has 1 aliphatic rings. The second-order valence-corrected chi connectivity index (χ2v) is 6.46. The molecule has 8 heteroatoms. The quantitative estimate of drug-likeness (QED) is 0.585. The summed E-state index contributed by atoms with van der Waals surface area (Å²) >= 11 is 0. The van der Waals surface area contributed by atoms with Crippen LogP contribution < -0.4 is 25.0 Å². The van der Waals surface area contributed by atoms with E-state index in [1.54, 1.807) is 33.5 Å². The molecule has 1 unspecified atom stereocenters. The lowest BCUT2D eigenvalue weighted by molar-refractivity contribution is 0.351. The minimum Gasteiger partial charge on any atom is -0.493 e. The number of pyridine rings is 1. The van der Waals surface area contributed by atoms with Gasteiger partial charge in [0.1, 0.15) is 0 Å². The number of rotatable bonds is 6. The minimum absolute atomic E-state index is 0.153. The minimum atomic E-state index is -0.296. The first kappa shape index (κ1) is 19.7. The van der Waals surface area contributed by atoms with Crippen molar-refractivity contribution >= 4 is 11.8 Å². The van der Waals surface area contributed by atoms with Crippen LogP contribution in [0.1, 0.15) is 12.0 Å². The monoisotopic (exact) mass is 387 g/mol. The average Bonchev–Trinajstić information content (AvgIpc) is 3.19. The van der Waals surface area contributed by atoms with Gasteiger partial charge in [-0.15, -0.1) is 0 Å². The largest absolute Gasteiger partial charge is 0.493 e. The Morgan fingerprint density at radius 2 is 2.14 bits per heavy atom. The van der Waals surface area contributed by atoms with Gasteiger partial charge in [0.25, 0.3) is 0 Å². The van der Waals surface area contributed by atoms with Gasteiger partial charge < -0.3 is 25.0 Å². The van der Waals surface area contributed by atoms with Gasteiger partial charge in [-0.25, -0.2) is 9.37 Å². The SMILES string of the molecule is CN=C(NCc1cccc(OC)c1OC)NC1CCN(c2ncccc2F)C1. The number of hydrogen-bond acceptors (Lipinski definition) is 5. The fraction of sp³-hybridized carbons (Fsp3) is 0.400. The molecule has 7 nitrogen and oxygen atoms in total. The van der Waals surface area contributed by atoms with E-state index in [9.17, 15) is 4.39 Å². The van der Waals surface area contributed by atoms with Crippen LogP contribution in [0, 0.1) is 5.82 Å². The van der Waals surface area contributed by atoms with E-state index in [-0.39, 0.29) is 11.9 Å². The molecule has 0 radical (unpaired) electrons. The first-order valence-corrected chi connectivity index (χ1v) is 9.18. The Hall–Kier alpha value is -3.03. The summed E-state index contributed by atoms with van der Waals surface area (Å²) in [5, 5.41) is 6.70. The summed E-state index contributed by atoms with van der Waals surface area (Å²) in [6, 6.07) is 8.95. The molecule has 2 N–H and O–H groups in total. The first-order valence-electron chi connectivity index (χ1n) is 9.18. The van der Waals surface area contributed by atoms with Crippen LogP contribution in [0.4, 0.5) is 10.2 Å². The first-order chi connectivity index (χ1) is 13.7. The molecule has 1 fully saturated rings. The number of anilines is 1. The van der Waals surface area contributed by atoms with E-state index in [0.29, 0.717) is 36.4 Å². The Balaban J connectivity index is 1.58. The lowest BCUT2D eigenvalue weighted by atomic mass is 10.2. The second-order valence-electron chi connectivity index (χ2n) is 6.46. The molecule has 1 atom stereocenters. The zero-order valence-corrected chi connectivity index (χ0v) is 16.4. The maximum absolute atomic E-state index is 14.0. The average molecular weight is 387 g/mol. The van der Waals surface area contributed by atoms with Crippen molar-refractivity contribution in [1.82, 2.24) is 15.6 Å². The number of nitrogens with one attached hydrogen (secondary N) is 2. The Morgan fingerprint density at radius 3 is 2.86 bits per heavy atom. The molecular formula is C20H26FN5O2. The van der Waals surface area contributed by atoms with Crippen LogP contribution in [0.25, 0.3) is 0 Å². The lowest BCUT2D eigenvalue weighted by Crippen LogP contribution is -2.44. The van der Waals surface area contributed by atoms with Crippen LogP contribution in [0.2, 0.25) is 0 Å². The highest BCUT2D eigenvalue weighted by atomic mass is 19.1. The van der Waals surface area contributed by atoms with Gasteiger partial charge in [0.05, 0.1) is 14.2 Å². The van der Waals surface area contributed by atoms with Crippen molar-refractivity contribution in [2.24, 2.45) is 4.99 Å². The second kappa shape index (κ2) is 9.25. The van der Waals surface area contributed by atoms with Crippen molar-refractivity contribution in [3.8, 4) is 11.5 Å². The van der Waals surface area contributed by atoms with Gasteiger partial charge in [-0.05, 0) is 24.6 Å². The third-order valence-electron chi connectivity index (χ3n) is 4.72. The highest BCUT2D eigenvalue weighted by Gasteiger charge is 2.26. The molecule has 150 valence electrons. The number of benzene rings is 1. The zero-order valence-electron chi connectivity index (χ0n) is 16.4. The molecule has 2 aromatic rings. The number of aromatic nitrogens is 1. The predicted molar refractivity (Wildman–Crippen MR) is 108 cm³/mol. The summed E-state index contributed by atoms with van der Waals surface area (Å²) < 4.78 is 24.8. The van der Waals surface area contributed by atoms with E-state index >= 15 is 0 Å². The Morgan fingerprint density at radius 1 is 1.29 bits per heavy atom. The van der Waals surface area contributed by atoms with Gasteiger partial charge in [0.2, 0.25) is 0 Å². The number of hydrogen-bond donors (Lipinski definition) is 2. The number of para-hydroxylation sites is 1. The van der Waals surface area contributed by atoms with Crippen molar-refractivity contribution in [2.45, 2.75) is 19.0 Å². The van der Waals surface area contributed by atoms with Gasteiger partial charge >= 0.3 is 0 Å². The van der Waals surface area contributed by atoms with Crippen LogP contribution in [0.15, 0.2) is 41.5 Å². The molecule has 3 rings (SSSR count). The highest BCUT2D eigenvalue weighted by molar-refractivity contribution is 5.80. The number of aliphatic imine (C=N–C) groups is 1. The summed E-state index contributed by atoms with van der Waals surface area (Å²) in [5.41, 5.74) is 0.966. The van der Waals surface area contributed by atoms with Crippen molar-refractivity contribution in [3.05, 3.63) is 47.9 Å². The van der Waals surface area contributed by atoms with Gasteiger partial charge in [-0.1, -0.05) is 12.1 Å². The van der Waals surface area contributed by atoms with Gasteiger partial charge in [0, 0.05) is 44.5 Å². The van der Waals surface area contributed by atoms with E-state index in [2.05, 4.69) is 20.6 Å². The number of halogens is 1. The molecule has 2 heterocycles. The molecule has 28 heavy (non-hydrogen) atoms. The number of guanidine groups is 1. The molecule has 1 aromatic carbocycles. The van der Waals surface area contributed by atoms with Crippen molar-refractivity contribution < 1.29 is 13.9 Å². The standard InChI is InChI=1S/C20H26FN5O2/c1-22-20(24-12-14-6-4-8-17(27-2)18(14)28-3)25-15-9-11-26(13-15)19-16(21)7-5-10-23-19/h4-8,10,15H,9,11-13H2,1-3H3,(H2,22,24,25). The fourth-order valence-electron chi connectivity index (χ4n) is 3.34. The molecule has 0 spiro atoms. The molecule has 0 bridgehead atoms. The van der Waals surface area contributed by atoms with Crippen molar-refractivity contribution in [1.29, 1.82) is 0 Å². The molecule has 1 aliphatic heterocycles. The fourth-order valence-corrected chi connectivity index (χ4v) is 3.34. The lowest BCUT2D eigenvalue weighted by Gasteiger charge is -2.20. The summed E-state index contributed by atoms with van der Waals surface area (Å²) in [4.78, 5) is 10.4. The smallest absolute Gasteiger partial charge is 0.191 e. The van der Waals surface area contributed by atoms with Crippen molar-refractivity contribution in [2.75, 3.05) is 39.3 Å². The van der Waals surface area contributed by atoms with Crippen LogP contribution in [-0.4, -0.2) is 51.3 Å². The zero-order chi connectivity index (χ0) is 19.9. The molecular weight excluding hydrogens is 361 g/mol. The van der Waals surface area contributed by atoms with E-state index in [4.69, 9.17) is 9.47 Å². The number of methoxy groups -OCH3 is 2. The highest BCUT2D eigenvalue weighted by Crippen LogP contribution is 2.30. The Kier molecular flexibility index (Phi) is 6.52. The van der Waals surface area contributed by atoms with E-state index in [1.807, 2.05) is 23.1 Å². The predicted octanol–water partition coefficient (Wildman–Crippen LogP) is 2.18. The topological polar surface area (TPSA) is 71.0 Å². The van der Waals surface area contributed by atoms with Crippen LogP contribution >= 0.6 is 0 Å². The summed E-state index contributed by atoms with van der Waals surface area (Å²) in [7, 11) is 4.97. The molecule has 0 aliphatic carbocycles. The summed E-state index contributed by atoms with van der Waals surface area (Å²) in [5.74, 6) is 2.17. The molecule has 1 saturated heterocycles. The summed E-state index contributed by atoms with van der Waals surface area (Å²) in [6.45, 7) is 1.94. The van der Waals surface area contributed by atoms with Gasteiger partial charge in [-0.3, -0.25) is 4.99 Å². The van der Waals surface area contributed by atoms with Crippen LogP contribution in [0.3, 0.4) is 0 Å². The maximum atomic E-state index is 14.0. The van der Waals surface area contributed by atoms with E-state index < -0.39 is 0 Å². The molecule has 0 amide bonds. The van der Waals surface area contributed by atoms with Gasteiger partial charge in [0.15, 0.2) is 29.1 Å². The normalized spacial score (nSPS) is 16.8. The number of nitrogens with zero attached hydrogens (tertiary/aromatic N) is 3. The molecule has 1 aromatic heterocycles. The Labute approximate surface area is 164 Å². The van der Waals surface area contributed by atoms with Crippen LogP contribution in [0.5, 0.6) is 11.5 Å². The Bertz CT molecular complexity index is 830. The van der Waals surface area contributed by atoms with Crippen LogP contribution in [-0.2, 0) is 6.54 Å². The van der Waals surface area contributed by atoms with E-state index in [1.165, 1.54) is 6.07 Å². The van der Waals surface area contributed by atoms with Crippen molar-refractivity contribution in [3.63, 3.8) is 0 Å². The summed E-state index contributed by atoms with van der Waals surface area (Å²) in [6.07, 6.45) is 2.49. The molecule has 0 saturated carbocycles.